The monoisotopic (exact) mass is 432 g/mol. The Bertz CT molecular complexity index is 1200. The zero-order valence-corrected chi connectivity index (χ0v) is 18.8. The first-order valence-electron chi connectivity index (χ1n) is 10.5. The van der Waals surface area contributed by atoms with Crippen LogP contribution in [0.25, 0.3) is 22.3 Å². The van der Waals surface area contributed by atoms with E-state index in [0.29, 0.717) is 0 Å². The Kier molecular flexibility index (Phi) is 6.23. The molecule has 0 unspecified atom stereocenters. The van der Waals surface area contributed by atoms with Crippen LogP contribution in [0.2, 0.25) is 0 Å². The second-order valence-electron chi connectivity index (χ2n) is 7.82. The lowest BCUT2D eigenvalue weighted by atomic mass is 10.1. The highest BCUT2D eigenvalue weighted by Gasteiger charge is 2.15. The lowest BCUT2D eigenvalue weighted by Gasteiger charge is -2.27. The van der Waals surface area contributed by atoms with Crippen LogP contribution < -0.4 is 20.1 Å². The van der Waals surface area contributed by atoms with Gasteiger partial charge in [-0.15, -0.1) is 0 Å². The molecule has 2 aromatic heterocycles. The molecule has 0 aliphatic rings. The third-order valence-corrected chi connectivity index (χ3v) is 5.29. The van der Waals surface area contributed by atoms with E-state index in [-0.39, 0.29) is 6.04 Å². The predicted molar refractivity (Wildman–Crippen MR) is 127 cm³/mol. The topological polar surface area (TPSA) is 91.3 Å². The highest BCUT2D eigenvalue weighted by Crippen LogP contribution is 2.34. The summed E-state index contributed by atoms with van der Waals surface area (Å²) in [5, 5.41) is 4.24. The number of hydrogen-bond donors (Lipinski definition) is 1. The first kappa shape index (κ1) is 21.6. The van der Waals surface area contributed by atoms with Crippen molar-refractivity contribution in [3.05, 3.63) is 55.0 Å². The highest BCUT2D eigenvalue weighted by molar-refractivity contribution is 5.82. The molecular weight excluding hydrogens is 404 g/mol. The molecule has 0 amide bonds. The molecule has 0 aliphatic carbocycles. The number of ether oxygens (including phenoxy) is 2. The van der Waals surface area contributed by atoms with Gasteiger partial charge in [0.25, 0.3) is 0 Å². The summed E-state index contributed by atoms with van der Waals surface area (Å²) in [5.41, 5.74) is 11.4. The Hall–Kier alpha value is -3.65. The van der Waals surface area contributed by atoms with Gasteiger partial charge in [-0.1, -0.05) is 0 Å². The van der Waals surface area contributed by atoms with Crippen LogP contribution in [0.1, 0.15) is 13.3 Å². The van der Waals surface area contributed by atoms with E-state index < -0.39 is 0 Å². The predicted octanol–water partition coefficient (Wildman–Crippen LogP) is 3.92. The molecule has 0 saturated carbocycles. The first-order chi connectivity index (χ1) is 15.5. The molecule has 0 bridgehead atoms. The number of nitrogens with two attached hydrogens (primary N) is 1. The molecule has 4 rings (SSSR count). The van der Waals surface area contributed by atoms with Crippen LogP contribution in [0.4, 0.5) is 11.4 Å². The minimum atomic E-state index is 0.0717. The summed E-state index contributed by atoms with van der Waals surface area (Å²) in [6.07, 6.45) is 6.31. The van der Waals surface area contributed by atoms with E-state index in [4.69, 9.17) is 20.2 Å². The lowest BCUT2D eigenvalue weighted by Crippen LogP contribution is -2.25. The van der Waals surface area contributed by atoms with Crippen molar-refractivity contribution >= 4 is 22.4 Å². The van der Waals surface area contributed by atoms with Crippen molar-refractivity contribution in [3.8, 4) is 22.8 Å². The number of aryl methyl sites for hydroxylation is 1. The number of benzene rings is 2. The zero-order chi connectivity index (χ0) is 22.7. The maximum absolute atomic E-state index is 6.08. The molecule has 8 heteroatoms. The summed E-state index contributed by atoms with van der Waals surface area (Å²) >= 11 is 0. The molecule has 4 aromatic rings. The molecule has 0 spiro atoms. The second-order valence-corrected chi connectivity index (χ2v) is 7.82. The number of fused-ring (bicyclic) bond motifs is 1. The van der Waals surface area contributed by atoms with Gasteiger partial charge in [0.2, 0.25) is 0 Å². The van der Waals surface area contributed by atoms with E-state index >= 15 is 0 Å². The van der Waals surface area contributed by atoms with Crippen LogP contribution in [0.5, 0.6) is 11.5 Å². The average Bonchev–Trinajstić information content (AvgIpc) is 3.24. The quantitative estimate of drug-likeness (QED) is 0.451. The summed E-state index contributed by atoms with van der Waals surface area (Å²) in [7, 11) is 5.18. The van der Waals surface area contributed by atoms with Crippen molar-refractivity contribution in [2.75, 3.05) is 25.7 Å². The van der Waals surface area contributed by atoms with E-state index in [0.717, 1.165) is 58.1 Å². The van der Waals surface area contributed by atoms with Gasteiger partial charge in [0.15, 0.2) is 0 Å². The number of anilines is 2. The van der Waals surface area contributed by atoms with Crippen molar-refractivity contribution in [2.24, 2.45) is 12.8 Å². The van der Waals surface area contributed by atoms with Crippen molar-refractivity contribution in [3.63, 3.8) is 0 Å². The fourth-order valence-corrected chi connectivity index (χ4v) is 3.55. The van der Waals surface area contributed by atoms with Gasteiger partial charge < -0.3 is 20.1 Å². The van der Waals surface area contributed by atoms with Gasteiger partial charge in [-0.2, -0.15) is 5.10 Å². The second kappa shape index (κ2) is 9.23. The summed E-state index contributed by atoms with van der Waals surface area (Å²) < 4.78 is 12.7. The molecule has 2 N–H and O–H groups in total. The molecule has 0 fully saturated rings. The Labute approximate surface area is 187 Å². The Morgan fingerprint density at radius 2 is 1.75 bits per heavy atom. The standard InChI is InChI=1S/C24H28N6O2/c1-16(25)7-8-30(19-9-20(31-3)12-21(10-19)32-4)18-5-6-22-23(11-18)28-24(14-26-22)17-13-27-29(2)15-17/h5-6,9-16H,7-8,25H2,1-4H3/t16-/m1/s1. The molecule has 1 atom stereocenters. The molecule has 0 radical (unpaired) electrons. The lowest BCUT2D eigenvalue weighted by molar-refractivity contribution is 0.394. The minimum Gasteiger partial charge on any atom is -0.497 e. The van der Waals surface area contributed by atoms with Gasteiger partial charge in [0.1, 0.15) is 11.5 Å². The molecule has 166 valence electrons. The molecule has 0 saturated heterocycles. The fourth-order valence-electron chi connectivity index (χ4n) is 3.55. The molecule has 2 heterocycles. The maximum Gasteiger partial charge on any atom is 0.124 e. The Morgan fingerprint density at radius 3 is 2.38 bits per heavy atom. The van der Waals surface area contributed by atoms with Crippen LogP contribution in [0.3, 0.4) is 0 Å². The summed E-state index contributed by atoms with van der Waals surface area (Å²) in [4.78, 5) is 11.6. The van der Waals surface area contributed by atoms with Crippen molar-refractivity contribution in [2.45, 2.75) is 19.4 Å². The SMILES string of the molecule is COc1cc(OC)cc(N(CC[C@@H](C)N)c2ccc3ncc(-c4cnn(C)c4)nc3c2)c1. The normalized spacial score (nSPS) is 12.0. The van der Waals surface area contributed by atoms with E-state index in [1.54, 1.807) is 31.3 Å². The van der Waals surface area contributed by atoms with Crippen LogP contribution in [-0.4, -0.2) is 46.6 Å². The number of nitrogens with zero attached hydrogens (tertiary/aromatic N) is 5. The van der Waals surface area contributed by atoms with Gasteiger partial charge in [0, 0.05) is 61.0 Å². The van der Waals surface area contributed by atoms with Crippen molar-refractivity contribution in [1.29, 1.82) is 0 Å². The van der Waals surface area contributed by atoms with Crippen molar-refractivity contribution in [1.82, 2.24) is 19.7 Å². The first-order valence-corrected chi connectivity index (χ1v) is 10.5. The summed E-state index contributed by atoms with van der Waals surface area (Å²) in [5.74, 6) is 1.45. The van der Waals surface area contributed by atoms with Crippen molar-refractivity contribution < 1.29 is 9.47 Å². The fraction of sp³-hybridized carbons (Fsp3) is 0.292. The number of hydrogen-bond acceptors (Lipinski definition) is 7. The van der Waals surface area contributed by atoms with Crippen LogP contribution >= 0.6 is 0 Å². The van der Waals surface area contributed by atoms with Crippen LogP contribution in [0.15, 0.2) is 55.0 Å². The van der Waals surface area contributed by atoms with E-state index in [9.17, 15) is 0 Å². The largest absolute Gasteiger partial charge is 0.497 e. The van der Waals surface area contributed by atoms with Crippen LogP contribution in [-0.2, 0) is 7.05 Å². The zero-order valence-electron chi connectivity index (χ0n) is 18.8. The van der Waals surface area contributed by atoms with Gasteiger partial charge in [-0.3, -0.25) is 9.67 Å². The van der Waals surface area contributed by atoms with Gasteiger partial charge in [-0.25, -0.2) is 4.98 Å². The number of methoxy groups -OCH3 is 2. The highest BCUT2D eigenvalue weighted by atomic mass is 16.5. The number of aromatic nitrogens is 4. The maximum atomic E-state index is 6.08. The molecular formula is C24H28N6O2. The Morgan fingerprint density at radius 1 is 1.00 bits per heavy atom. The molecule has 8 nitrogen and oxygen atoms in total. The summed E-state index contributed by atoms with van der Waals surface area (Å²) in [6.45, 7) is 2.74. The molecule has 2 aromatic carbocycles. The number of rotatable bonds is 8. The molecule has 0 aliphatic heterocycles. The minimum absolute atomic E-state index is 0.0717. The van der Waals surface area contributed by atoms with E-state index in [1.165, 1.54) is 0 Å². The van der Waals surface area contributed by atoms with E-state index in [2.05, 4.69) is 21.0 Å². The Balaban J connectivity index is 1.78. The van der Waals surface area contributed by atoms with Gasteiger partial charge in [-0.05, 0) is 31.5 Å². The third kappa shape index (κ3) is 4.65. The van der Waals surface area contributed by atoms with Crippen LogP contribution in [0, 0.1) is 0 Å². The average molecular weight is 433 g/mol. The smallest absolute Gasteiger partial charge is 0.124 e. The summed E-state index contributed by atoms with van der Waals surface area (Å²) in [6, 6.07) is 12.0. The molecule has 32 heavy (non-hydrogen) atoms. The van der Waals surface area contributed by atoms with Gasteiger partial charge in [0.05, 0.1) is 43.3 Å². The third-order valence-electron chi connectivity index (χ3n) is 5.29. The van der Waals surface area contributed by atoms with Gasteiger partial charge >= 0.3 is 0 Å². The van der Waals surface area contributed by atoms with E-state index in [1.807, 2.05) is 50.5 Å².